The van der Waals surface area contributed by atoms with Crippen LogP contribution in [0.1, 0.15) is 27.0 Å². The number of benzene rings is 2. The van der Waals surface area contributed by atoms with E-state index >= 15 is 0 Å². The fraction of sp³-hybridized carbons (Fsp3) is 0.188. The summed E-state index contributed by atoms with van der Waals surface area (Å²) in [4.78, 5) is 12.1. The molecular weight excluding hydrogens is 255 g/mol. The van der Waals surface area contributed by atoms with Crippen molar-refractivity contribution in [2.45, 2.75) is 20.8 Å². The number of aryl methyl sites for hydroxylation is 3. The van der Waals surface area contributed by atoms with Crippen LogP contribution in [0.5, 0.6) is 5.75 Å². The Morgan fingerprint density at radius 1 is 0.947 bits per heavy atom. The highest BCUT2D eigenvalue weighted by atomic mass is 31.0. The molecule has 0 fully saturated rings. The van der Waals surface area contributed by atoms with Crippen molar-refractivity contribution in [2.24, 2.45) is 0 Å². The maximum absolute atomic E-state index is 12.1. The molecule has 0 bridgehead atoms. The largest absolute Gasteiger partial charge is 0.423 e. The van der Waals surface area contributed by atoms with Gasteiger partial charge in [0.15, 0.2) is 0 Å². The molecule has 0 aromatic heterocycles. The van der Waals surface area contributed by atoms with Crippen molar-refractivity contribution in [3.05, 3.63) is 64.7 Å². The molecule has 0 spiro atoms. The lowest BCUT2D eigenvalue weighted by atomic mass is 10.00. The van der Waals surface area contributed by atoms with E-state index in [1.54, 1.807) is 12.1 Å². The van der Waals surface area contributed by atoms with Gasteiger partial charge < -0.3 is 4.74 Å². The summed E-state index contributed by atoms with van der Waals surface area (Å²) in [6.07, 6.45) is 0. The predicted octanol–water partition coefficient (Wildman–Crippen LogP) is 3.89. The molecule has 3 heteroatoms. The Balaban J connectivity index is 0.00000180. The molecule has 19 heavy (non-hydrogen) atoms. The van der Waals surface area contributed by atoms with Gasteiger partial charge in [0.2, 0.25) is 0 Å². The van der Waals surface area contributed by atoms with Crippen LogP contribution in [-0.4, -0.2) is 5.97 Å². The number of carbonyl (C=O) groups is 1. The van der Waals surface area contributed by atoms with Crippen LogP contribution in [0.25, 0.3) is 0 Å². The zero-order chi connectivity index (χ0) is 13.1. The molecule has 0 saturated heterocycles. The van der Waals surface area contributed by atoms with Crippen LogP contribution in [-0.2, 0) is 0 Å². The summed E-state index contributed by atoms with van der Waals surface area (Å²) in [6, 6.07) is 13.1. The number of esters is 1. The Hall–Kier alpha value is -1.66. The molecule has 0 aliphatic heterocycles. The lowest BCUT2D eigenvalue weighted by Gasteiger charge is -2.10. The van der Waals surface area contributed by atoms with Gasteiger partial charge in [-0.1, -0.05) is 35.9 Å². The van der Waals surface area contributed by atoms with Gasteiger partial charge in [0.05, 0.1) is 5.56 Å². The topological polar surface area (TPSA) is 26.3 Å². The number of hydrogen-bond donors (Lipinski definition) is 0. The summed E-state index contributed by atoms with van der Waals surface area (Å²) in [7, 11) is 0. The van der Waals surface area contributed by atoms with Gasteiger partial charge in [-0.2, -0.15) is 9.90 Å². The van der Waals surface area contributed by atoms with Crippen molar-refractivity contribution in [2.75, 3.05) is 0 Å². The van der Waals surface area contributed by atoms with Crippen molar-refractivity contribution in [1.29, 1.82) is 0 Å². The smallest absolute Gasteiger partial charge is 0.344 e. The molecule has 1 unspecified atom stereocenters. The van der Waals surface area contributed by atoms with Crippen molar-refractivity contribution < 1.29 is 9.53 Å². The van der Waals surface area contributed by atoms with Crippen LogP contribution in [0.2, 0.25) is 0 Å². The van der Waals surface area contributed by atoms with E-state index in [4.69, 9.17) is 4.74 Å². The molecule has 2 aromatic carbocycles. The van der Waals surface area contributed by atoms with E-state index in [0.717, 1.165) is 16.7 Å². The summed E-state index contributed by atoms with van der Waals surface area (Å²) in [5.74, 6) is 0.276. The first-order chi connectivity index (χ1) is 8.58. The van der Waals surface area contributed by atoms with E-state index in [1.807, 2.05) is 51.1 Å². The number of rotatable bonds is 2. The first-order valence-corrected chi connectivity index (χ1v) is 5.93. The van der Waals surface area contributed by atoms with E-state index in [1.165, 1.54) is 0 Å². The summed E-state index contributed by atoms with van der Waals surface area (Å²) < 4.78 is 5.36. The third kappa shape index (κ3) is 3.65. The average molecular weight is 274 g/mol. The van der Waals surface area contributed by atoms with Crippen molar-refractivity contribution >= 4 is 15.9 Å². The molecule has 0 heterocycles. The van der Waals surface area contributed by atoms with Crippen LogP contribution in [0.3, 0.4) is 0 Å². The van der Waals surface area contributed by atoms with E-state index < -0.39 is 0 Å². The highest BCUT2D eigenvalue weighted by molar-refractivity contribution is 6.92. The van der Waals surface area contributed by atoms with E-state index in [2.05, 4.69) is 0 Å². The molecule has 0 N–H and O–H groups in total. The fourth-order valence-electron chi connectivity index (χ4n) is 2.15. The molecule has 0 aliphatic carbocycles. The lowest BCUT2D eigenvalue weighted by Crippen LogP contribution is -2.12. The van der Waals surface area contributed by atoms with Gasteiger partial charge >= 0.3 is 5.97 Å². The number of carbonyl (C=O) groups excluding carboxylic acids is 1. The van der Waals surface area contributed by atoms with Crippen molar-refractivity contribution in [3.63, 3.8) is 0 Å². The predicted molar refractivity (Wildman–Crippen MR) is 83.2 cm³/mol. The normalized spacial score (nSPS) is 9.63. The van der Waals surface area contributed by atoms with E-state index in [9.17, 15) is 4.79 Å². The minimum Gasteiger partial charge on any atom is -0.423 e. The summed E-state index contributed by atoms with van der Waals surface area (Å²) in [5, 5.41) is 0. The van der Waals surface area contributed by atoms with Crippen LogP contribution in [0.4, 0.5) is 0 Å². The van der Waals surface area contributed by atoms with Crippen molar-refractivity contribution in [1.82, 2.24) is 0 Å². The van der Waals surface area contributed by atoms with Gasteiger partial charge in [0, 0.05) is 0 Å². The Labute approximate surface area is 117 Å². The second-order valence-electron chi connectivity index (χ2n) is 4.48. The molecule has 1 atom stereocenters. The zero-order valence-corrected chi connectivity index (χ0v) is 13.0. The first kappa shape index (κ1) is 15.4. The monoisotopic (exact) mass is 274 g/mol. The molecule has 100 valence electrons. The molecule has 2 aromatic rings. The highest BCUT2D eigenvalue weighted by Crippen LogP contribution is 2.19. The molecule has 0 aliphatic rings. The Bertz CT molecular complexity index is 554. The van der Waals surface area contributed by atoms with Crippen LogP contribution in [0, 0.1) is 20.8 Å². The van der Waals surface area contributed by atoms with Gasteiger partial charge in [-0.15, -0.1) is 0 Å². The Morgan fingerprint density at radius 3 is 2.00 bits per heavy atom. The minimum atomic E-state index is -0.295. The van der Waals surface area contributed by atoms with Gasteiger partial charge in [-0.05, 0) is 44.0 Å². The lowest BCUT2D eigenvalue weighted by molar-refractivity contribution is 0.0733. The van der Waals surface area contributed by atoms with E-state index in [0.29, 0.717) is 11.3 Å². The van der Waals surface area contributed by atoms with Gasteiger partial charge in [-0.3, -0.25) is 0 Å². The highest BCUT2D eigenvalue weighted by Gasteiger charge is 2.14. The SMILES string of the molecule is Cc1cc(C)c(C(=O)Oc2ccccc2)c(C)c1.P. The average Bonchev–Trinajstić information content (AvgIpc) is 2.28. The molecule has 2 nitrogen and oxygen atoms in total. The molecular formula is C16H19O2P. The van der Waals surface area contributed by atoms with E-state index in [-0.39, 0.29) is 15.9 Å². The molecule has 0 radical (unpaired) electrons. The van der Waals surface area contributed by atoms with Gasteiger partial charge in [-0.25, -0.2) is 4.79 Å². The molecule has 0 amide bonds. The second-order valence-corrected chi connectivity index (χ2v) is 4.48. The Kier molecular flexibility index (Phi) is 5.26. The zero-order valence-electron chi connectivity index (χ0n) is 11.6. The number of hydrogen-bond acceptors (Lipinski definition) is 2. The summed E-state index contributed by atoms with van der Waals surface area (Å²) in [6.45, 7) is 5.88. The maximum Gasteiger partial charge on any atom is 0.344 e. The van der Waals surface area contributed by atoms with Crippen LogP contribution < -0.4 is 4.74 Å². The van der Waals surface area contributed by atoms with Crippen LogP contribution >= 0.6 is 9.90 Å². The van der Waals surface area contributed by atoms with Crippen molar-refractivity contribution in [3.8, 4) is 5.75 Å². The number of para-hydroxylation sites is 1. The number of ether oxygens (including phenoxy) is 1. The third-order valence-corrected chi connectivity index (χ3v) is 2.83. The first-order valence-electron chi connectivity index (χ1n) is 5.93. The van der Waals surface area contributed by atoms with Gasteiger partial charge in [0.25, 0.3) is 0 Å². The molecule has 2 rings (SSSR count). The van der Waals surface area contributed by atoms with Crippen LogP contribution in [0.15, 0.2) is 42.5 Å². The summed E-state index contributed by atoms with van der Waals surface area (Å²) in [5.41, 5.74) is 3.72. The quantitative estimate of drug-likeness (QED) is 0.472. The maximum atomic E-state index is 12.1. The Morgan fingerprint density at radius 2 is 1.47 bits per heavy atom. The van der Waals surface area contributed by atoms with Gasteiger partial charge in [0.1, 0.15) is 5.75 Å². The summed E-state index contributed by atoms with van der Waals surface area (Å²) >= 11 is 0. The second kappa shape index (κ2) is 6.49. The molecule has 0 saturated carbocycles. The standard InChI is InChI=1S/C16H16O2.H3P/c1-11-9-12(2)15(13(3)10-11)16(17)18-14-7-5-4-6-8-14;/h4-10H,1-3H3;1H3. The fourth-order valence-corrected chi connectivity index (χ4v) is 2.15. The minimum absolute atomic E-state index is 0. The third-order valence-electron chi connectivity index (χ3n) is 2.83.